The van der Waals surface area contributed by atoms with E-state index in [-0.39, 0.29) is 6.04 Å². The highest BCUT2D eigenvalue weighted by atomic mass is 16.5. The van der Waals surface area contributed by atoms with Crippen molar-refractivity contribution in [2.45, 2.75) is 37.0 Å². The van der Waals surface area contributed by atoms with Gasteiger partial charge in [-0.3, -0.25) is 9.69 Å². The van der Waals surface area contributed by atoms with Crippen LogP contribution in [0, 0.1) is 0 Å². The zero-order valence-electron chi connectivity index (χ0n) is 11.8. The number of piperidine rings is 1. The molecule has 1 amide bonds. The smallest absolute Gasteiger partial charge is 0.248 e. The number of nitrogens with zero attached hydrogens (tertiary/aromatic N) is 1. The number of carbonyl (C=O) groups excluding carboxylic acids is 1. The number of likely N-dealkylation sites (N-methyl/N-ethyl adjacent to an activating group) is 1. The molecule has 0 unspecified atom stereocenters. The Kier molecular flexibility index (Phi) is 2.73. The van der Waals surface area contributed by atoms with Gasteiger partial charge in [0.15, 0.2) is 5.79 Å². The Morgan fingerprint density at radius 3 is 2.80 bits per heavy atom. The molecule has 108 valence electrons. The van der Waals surface area contributed by atoms with Crippen molar-refractivity contribution in [1.82, 2.24) is 4.90 Å². The van der Waals surface area contributed by atoms with Crippen LogP contribution in [0.3, 0.4) is 0 Å². The second kappa shape index (κ2) is 4.04. The van der Waals surface area contributed by atoms with Crippen molar-refractivity contribution >= 4 is 5.91 Å². The molecular formula is C15H20N2O3. The lowest BCUT2D eigenvalue weighted by atomic mass is 9.60. The summed E-state index contributed by atoms with van der Waals surface area (Å²) in [5.41, 5.74) is 6.88. The summed E-state index contributed by atoms with van der Waals surface area (Å²) >= 11 is 0. The van der Waals surface area contributed by atoms with Crippen LogP contribution >= 0.6 is 0 Å². The average molecular weight is 276 g/mol. The molecule has 0 aromatic heterocycles. The molecular weight excluding hydrogens is 256 g/mol. The highest BCUT2D eigenvalue weighted by Gasteiger charge is 2.59. The lowest BCUT2D eigenvalue weighted by molar-refractivity contribution is -0.270. The first-order valence-electron chi connectivity index (χ1n) is 6.85. The molecule has 0 saturated carbocycles. The molecule has 1 aromatic rings. The summed E-state index contributed by atoms with van der Waals surface area (Å²) in [5, 5.41) is 21.3. The number of fused-ring (bicyclic) bond motifs is 4. The molecule has 4 N–H and O–H groups in total. The first-order chi connectivity index (χ1) is 9.27. The van der Waals surface area contributed by atoms with Crippen molar-refractivity contribution in [2.75, 3.05) is 13.6 Å². The molecule has 0 spiro atoms. The van der Waals surface area contributed by atoms with Crippen LogP contribution in [0.2, 0.25) is 0 Å². The van der Waals surface area contributed by atoms with E-state index in [0.29, 0.717) is 18.4 Å². The number of primary amides is 1. The fraction of sp³-hybridized carbons (Fsp3) is 0.533. The zero-order chi connectivity index (χ0) is 14.7. The minimum Gasteiger partial charge on any atom is -0.366 e. The van der Waals surface area contributed by atoms with Crippen LogP contribution in [0.5, 0.6) is 0 Å². The van der Waals surface area contributed by atoms with E-state index in [9.17, 15) is 15.0 Å². The van der Waals surface area contributed by atoms with Gasteiger partial charge in [-0.25, -0.2) is 0 Å². The number of likely N-dealkylation sites (tertiary alicyclic amines) is 1. The van der Waals surface area contributed by atoms with Crippen LogP contribution in [-0.4, -0.2) is 46.4 Å². The van der Waals surface area contributed by atoms with Crippen LogP contribution in [0.15, 0.2) is 18.2 Å². The number of hydrogen-bond donors (Lipinski definition) is 3. The van der Waals surface area contributed by atoms with Gasteiger partial charge < -0.3 is 15.9 Å². The van der Waals surface area contributed by atoms with Gasteiger partial charge in [0.05, 0.1) is 6.04 Å². The van der Waals surface area contributed by atoms with Gasteiger partial charge in [0.1, 0.15) is 0 Å². The van der Waals surface area contributed by atoms with Gasteiger partial charge in [0, 0.05) is 11.0 Å². The summed E-state index contributed by atoms with van der Waals surface area (Å²) in [6.45, 7) is 2.65. The van der Waals surface area contributed by atoms with Crippen molar-refractivity contribution in [2.24, 2.45) is 5.73 Å². The summed E-state index contributed by atoms with van der Waals surface area (Å²) in [7, 11) is 1.91. The van der Waals surface area contributed by atoms with Gasteiger partial charge in [-0.15, -0.1) is 0 Å². The number of carbonyl (C=O) groups is 1. The largest absolute Gasteiger partial charge is 0.366 e. The van der Waals surface area contributed by atoms with E-state index in [0.717, 1.165) is 17.7 Å². The van der Waals surface area contributed by atoms with Gasteiger partial charge in [-0.05, 0) is 49.7 Å². The van der Waals surface area contributed by atoms with E-state index < -0.39 is 17.1 Å². The maximum absolute atomic E-state index is 11.4. The Morgan fingerprint density at radius 2 is 2.15 bits per heavy atom. The van der Waals surface area contributed by atoms with Crippen molar-refractivity contribution in [3.63, 3.8) is 0 Å². The Morgan fingerprint density at radius 1 is 1.45 bits per heavy atom. The van der Waals surface area contributed by atoms with Crippen LogP contribution in [-0.2, 0) is 11.8 Å². The SMILES string of the molecule is CN1CC[C@@]2(C)c3cc(C(N)=O)ccc3C[C@@H]1C2(O)O. The van der Waals surface area contributed by atoms with E-state index >= 15 is 0 Å². The third-order valence-electron chi connectivity index (χ3n) is 5.18. The maximum Gasteiger partial charge on any atom is 0.248 e. The predicted molar refractivity (Wildman–Crippen MR) is 74.2 cm³/mol. The molecule has 5 heteroatoms. The molecule has 1 heterocycles. The van der Waals surface area contributed by atoms with Gasteiger partial charge in [-0.2, -0.15) is 0 Å². The standard InChI is InChI=1S/C15H20N2O3/c1-14-5-6-17(2)12(15(14,19)20)8-9-3-4-10(13(16)18)7-11(9)14/h3-4,7,12,19-20H,5-6,8H2,1-2H3,(H2,16,18)/t12-,14+/m1/s1. The van der Waals surface area contributed by atoms with Gasteiger partial charge >= 0.3 is 0 Å². The minimum absolute atomic E-state index is 0.326. The predicted octanol–water partition coefficient (Wildman–Crippen LogP) is -0.0157. The number of aliphatic hydroxyl groups is 2. The molecule has 3 rings (SSSR count). The molecule has 1 aliphatic heterocycles. The molecule has 20 heavy (non-hydrogen) atoms. The molecule has 5 nitrogen and oxygen atoms in total. The molecule has 1 fully saturated rings. The van der Waals surface area contributed by atoms with E-state index in [1.165, 1.54) is 0 Å². The molecule has 1 aromatic carbocycles. The third-order valence-corrected chi connectivity index (χ3v) is 5.18. The lowest BCUT2D eigenvalue weighted by Gasteiger charge is -2.57. The van der Waals surface area contributed by atoms with Crippen LogP contribution in [0.4, 0.5) is 0 Å². The fourth-order valence-corrected chi connectivity index (χ4v) is 3.68. The molecule has 0 radical (unpaired) electrons. The van der Waals surface area contributed by atoms with Crippen molar-refractivity contribution in [3.05, 3.63) is 34.9 Å². The van der Waals surface area contributed by atoms with E-state index in [2.05, 4.69) is 0 Å². The van der Waals surface area contributed by atoms with Crippen LogP contribution < -0.4 is 5.73 Å². The van der Waals surface area contributed by atoms with Gasteiger partial charge in [0.25, 0.3) is 0 Å². The number of hydrogen-bond acceptors (Lipinski definition) is 4. The summed E-state index contributed by atoms with van der Waals surface area (Å²) in [5.74, 6) is -2.29. The fourth-order valence-electron chi connectivity index (χ4n) is 3.68. The van der Waals surface area contributed by atoms with Gasteiger partial charge in [-0.1, -0.05) is 13.0 Å². The summed E-state index contributed by atoms with van der Waals surface area (Å²) in [6, 6.07) is 4.99. The summed E-state index contributed by atoms with van der Waals surface area (Å²) in [6.07, 6.45) is 1.19. The second-order valence-electron chi connectivity index (χ2n) is 6.24. The van der Waals surface area contributed by atoms with Gasteiger partial charge in [0.2, 0.25) is 5.91 Å². The molecule has 2 bridgehead atoms. The number of rotatable bonds is 1. The normalized spacial score (nSPS) is 31.7. The Balaban J connectivity index is 2.20. The second-order valence-corrected chi connectivity index (χ2v) is 6.24. The molecule has 2 aliphatic rings. The van der Waals surface area contributed by atoms with Crippen molar-refractivity contribution in [3.8, 4) is 0 Å². The van der Waals surface area contributed by atoms with Crippen LogP contribution in [0.1, 0.15) is 34.8 Å². The Bertz CT molecular complexity index is 584. The van der Waals surface area contributed by atoms with Crippen molar-refractivity contribution in [1.29, 1.82) is 0 Å². The summed E-state index contributed by atoms with van der Waals surface area (Å²) < 4.78 is 0. The van der Waals surface area contributed by atoms with E-state index in [1.54, 1.807) is 12.1 Å². The maximum atomic E-state index is 11.4. The van der Waals surface area contributed by atoms with Crippen molar-refractivity contribution < 1.29 is 15.0 Å². The van der Waals surface area contributed by atoms with E-state index in [1.807, 2.05) is 24.9 Å². The summed E-state index contributed by atoms with van der Waals surface area (Å²) in [4.78, 5) is 13.4. The third kappa shape index (κ3) is 1.57. The Hall–Kier alpha value is -1.43. The number of benzene rings is 1. The molecule has 1 saturated heterocycles. The monoisotopic (exact) mass is 276 g/mol. The van der Waals surface area contributed by atoms with Crippen LogP contribution in [0.25, 0.3) is 0 Å². The zero-order valence-corrected chi connectivity index (χ0v) is 11.8. The minimum atomic E-state index is -1.80. The molecule has 2 atom stereocenters. The lowest BCUT2D eigenvalue weighted by Crippen LogP contribution is -2.69. The number of amides is 1. The highest BCUT2D eigenvalue weighted by Crippen LogP contribution is 2.49. The topological polar surface area (TPSA) is 86.8 Å². The molecule has 1 aliphatic carbocycles. The first-order valence-corrected chi connectivity index (χ1v) is 6.85. The average Bonchev–Trinajstić information content (AvgIpc) is 2.38. The first kappa shape index (κ1) is 13.5. The van der Waals surface area contributed by atoms with E-state index in [4.69, 9.17) is 5.73 Å². The highest BCUT2D eigenvalue weighted by molar-refractivity contribution is 5.93. The Labute approximate surface area is 118 Å². The quantitative estimate of drug-likeness (QED) is 0.629. The number of nitrogens with two attached hydrogens (primary N) is 1.